The number of likely N-dealkylation sites (tertiary alicyclic amines) is 1. The van der Waals surface area contributed by atoms with Crippen molar-refractivity contribution < 1.29 is 18.0 Å². The van der Waals surface area contributed by atoms with E-state index in [2.05, 4.69) is 9.97 Å². The highest BCUT2D eigenvalue weighted by atomic mass is 19.4. The van der Waals surface area contributed by atoms with Crippen LogP contribution in [0.3, 0.4) is 0 Å². The molecule has 0 atom stereocenters. The quantitative estimate of drug-likeness (QED) is 0.864. The second-order valence-corrected chi connectivity index (χ2v) is 4.46. The average molecular weight is 269 g/mol. The summed E-state index contributed by atoms with van der Waals surface area (Å²) in [5, 5.41) is 0. The third kappa shape index (κ3) is 2.05. The van der Waals surface area contributed by atoms with Gasteiger partial charge in [0.1, 0.15) is 0 Å². The first-order valence-corrected chi connectivity index (χ1v) is 5.81. The molecule has 0 aliphatic carbocycles. The van der Waals surface area contributed by atoms with Crippen LogP contribution >= 0.6 is 0 Å². The summed E-state index contributed by atoms with van der Waals surface area (Å²) < 4.78 is 37.5. The lowest BCUT2D eigenvalue weighted by Gasteiger charge is -2.30. The summed E-state index contributed by atoms with van der Waals surface area (Å²) in [6.07, 6.45) is -3.54. The van der Waals surface area contributed by atoms with Gasteiger partial charge in [0.25, 0.3) is 5.91 Å². The average Bonchev–Trinajstić information content (AvgIpc) is 2.68. The van der Waals surface area contributed by atoms with Crippen LogP contribution in [0.25, 0.3) is 11.0 Å². The van der Waals surface area contributed by atoms with Gasteiger partial charge >= 0.3 is 6.18 Å². The van der Waals surface area contributed by atoms with Gasteiger partial charge in [-0.15, -0.1) is 0 Å². The molecular formula is C12H10F3N3O. The van der Waals surface area contributed by atoms with Gasteiger partial charge in [-0.3, -0.25) is 4.79 Å². The number of benzene rings is 1. The maximum atomic E-state index is 12.5. The molecule has 1 amide bonds. The zero-order chi connectivity index (χ0) is 13.6. The molecule has 1 saturated heterocycles. The maximum absolute atomic E-state index is 12.5. The molecule has 19 heavy (non-hydrogen) atoms. The number of aromatic nitrogens is 2. The van der Waals surface area contributed by atoms with Gasteiger partial charge in [-0.2, -0.15) is 13.2 Å². The van der Waals surface area contributed by atoms with E-state index >= 15 is 0 Å². The van der Waals surface area contributed by atoms with Crippen LogP contribution in [0.2, 0.25) is 0 Å². The minimum atomic E-state index is -4.51. The second kappa shape index (κ2) is 3.97. The zero-order valence-electron chi connectivity index (χ0n) is 9.79. The van der Waals surface area contributed by atoms with E-state index in [1.807, 2.05) is 0 Å². The molecule has 1 aliphatic rings. The van der Waals surface area contributed by atoms with E-state index in [0.29, 0.717) is 18.7 Å². The molecule has 0 spiro atoms. The first-order valence-electron chi connectivity index (χ1n) is 5.81. The van der Waals surface area contributed by atoms with E-state index in [1.165, 1.54) is 18.2 Å². The molecule has 2 aromatic rings. The smallest absolute Gasteiger partial charge is 0.339 e. The fraction of sp³-hybridized carbons (Fsp3) is 0.333. The van der Waals surface area contributed by atoms with E-state index in [4.69, 9.17) is 0 Å². The van der Waals surface area contributed by atoms with Gasteiger partial charge < -0.3 is 9.88 Å². The number of H-pyrrole nitrogens is 1. The van der Waals surface area contributed by atoms with Gasteiger partial charge in [0.2, 0.25) is 5.82 Å². The van der Waals surface area contributed by atoms with Crippen LogP contribution in [0.5, 0.6) is 0 Å². The van der Waals surface area contributed by atoms with Gasteiger partial charge in [-0.1, -0.05) is 0 Å². The number of hydrogen-bond acceptors (Lipinski definition) is 2. The van der Waals surface area contributed by atoms with Crippen molar-refractivity contribution in [3.05, 3.63) is 29.6 Å². The topological polar surface area (TPSA) is 49.0 Å². The summed E-state index contributed by atoms with van der Waals surface area (Å²) in [6.45, 7) is 1.40. The highest BCUT2D eigenvalue weighted by Gasteiger charge is 2.34. The van der Waals surface area contributed by atoms with Crippen molar-refractivity contribution in [1.29, 1.82) is 0 Å². The molecule has 1 fully saturated rings. The van der Waals surface area contributed by atoms with Gasteiger partial charge in [0, 0.05) is 18.7 Å². The van der Waals surface area contributed by atoms with Crippen molar-refractivity contribution in [2.75, 3.05) is 13.1 Å². The first kappa shape index (κ1) is 12.0. The summed E-state index contributed by atoms with van der Waals surface area (Å²) in [5.41, 5.74) is 0.802. The second-order valence-electron chi connectivity index (χ2n) is 4.46. The Morgan fingerprint density at radius 3 is 2.63 bits per heavy atom. The molecule has 0 saturated carbocycles. The number of nitrogens with zero attached hydrogens (tertiary/aromatic N) is 2. The van der Waals surface area contributed by atoms with Crippen molar-refractivity contribution in [2.24, 2.45) is 0 Å². The number of rotatable bonds is 1. The summed E-state index contributed by atoms with van der Waals surface area (Å²) in [5.74, 6) is -1.20. The van der Waals surface area contributed by atoms with Gasteiger partial charge in [0.15, 0.2) is 0 Å². The van der Waals surface area contributed by atoms with Gasteiger partial charge in [-0.05, 0) is 24.6 Å². The number of carbonyl (C=O) groups is 1. The fourth-order valence-electron chi connectivity index (χ4n) is 1.98. The van der Waals surface area contributed by atoms with E-state index in [1.54, 1.807) is 4.90 Å². The van der Waals surface area contributed by atoms with Crippen molar-refractivity contribution in [3.8, 4) is 0 Å². The molecule has 1 aromatic heterocycles. The summed E-state index contributed by atoms with van der Waals surface area (Å²) in [7, 11) is 0. The summed E-state index contributed by atoms with van der Waals surface area (Å²) >= 11 is 0. The van der Waals surface area contributed by atoms with Crippen LogP contribution in [0.1, 0.15) is 22.6 Å². The Kier molecular flexibility index (Phi) is 2.51. The molecule has 0 bridgehead atoms. The molecule has 4 nitrogen and oxygen atoms in total. The number of aromatic amines is 1. The Bertz CT molecular complexity index is 643. The van der Waals surface area contributed by atoms with Crippen LogP contribution in [-0.2, 0) is 6.18 Å². The number of hydrogen-bond donors (Lipinski definition) is 1. The van der Waals surface area contributed by atoms with Crippen molar-refractivity contribution in [1.82, 2.24) is 14.9 Å². The molecule has 100 valence electrons. The lowest BCUT2D eigenvalue weighted by Crippen LogP contribution is -2.41. The molecule has 0 radical (unpaired) electrons. The van der Waals surface area contributed by atoms with Gasteiger partial charge in [-0.25, -0.2) is 4.98 Å². The first-order chi connectivity index (χ1) is 8.95. The van der Waals surface area contributed by atoms with Gasteiger partial charge in [0.05, 0.1) is 11.0 Å². The van der Waals surface area contributed by atoms with E-state index in [-0.39, 0.29) is 16.9 Å². The Morgan fingerprint density at radius 1 is 1.32 bits per heavy atom. The van der Waals surface area contributed by atoms with E-state index < -0.39 is 12.0 Å². The molecule has 1 N–H and O–H groups in total. The number of nitrogens with one attached hydrogen (secondary N) is 1. The third-order valence-corrected chi connectivity index (χ3v) is 3.14. The summed E-state index contributed by atoms with van der Waals surface area (Å²) in [4.78, 5) is 19.3. The Hall–Kier alpha value is -2.05. The number of imidazole rings is 1. The van der Waals surface area contributed by atoms with Crippen molar-refractivity contribution in [2.45, 2.75) is 12.6 Å². The maximum Gasteiger partial charge on any atom is 0.449 e. The van der Waals surface area contributed by atoms with Crippen LogP contribution in [0, 0.1) is 0 Å². The fourth-order valence-corrected chi connectivity index (χ4v) is 1.98. The van der Waals surface area contributed by atoms with E-state index in [0.717, 1.165) is 6.42 Å². The molecule has 3 rings (SSSR count). The van der Waals surface area contributed by atoms with Crippen LogP contribution in [0.15, 0.2) is 18.2 Å². The molecule has 0 unspecified atom stereocenters. The number of carbonyl (C=O) groups excluding carboxylic acids is 1. The molecular weight excluding hydrogens is 259 g/mol. The molecule has 1 aliphatic heterocycles. The van der Waals surface area contributed by atoms with Crippen LogP contribution < -0.4 is 0 Å². The predicted molar refractivity (Wildman–Crippen MR) is 61.6 cm³/mol. The number of fused-ring (bicyclic) bond motifs is 1. The van der Waals surface area contributed by atoms with Crippen molar-refractivity contribution in [3.63, 3.8) is 0 Å². The standard InChI is InChI=1S/C12H10F3N3O/c13-12(14,15)11-16-8-3-2-7(6-9(8)17-11)10(19)18-4-1-5-18/h2-3,6H,1,4-5H2,(H,16,17). The largest absolute Gasteiger partial charge is 0.449 e. The third-order valence-electron chi connectivity index (χ3n) is 3.14. The minimum absolute atomic E-state index is 0.156. The number of amides is 1. The lowest BCUT2D eigenvalue weighted by atomic mass is 10.1. The number of halogens is 3. The Labute approximate surface area is 106 Å². The normalized spacial score (nSPS) is 15.6. The zero-order valence-corrected chi connectivity index (χ0v) is 9.79. The SMILES string of the molecule is O=C(c1ccc2nc(C(F)(F)F)[nH]c2c1)N1CCC1. The minimum Gasteiger partial charge on any atom is -0.339 e. The summed E-state index contributed by atoms with van der Waals surface area (Å²) in [6, 6.07) is 4.34. The molecule has 1 aromatic carbocycles. The highest BCUT2D eigenvalue weighted by Crippen LogP contribution is 2.29. The molecule has 2 heterocycles. The Morgan fingerprint density at radius 2 is 2.05 bits per heavy atom. The lowest BCUT2D eigenvalue weighted by molar-refractivity contribution is -0.144. The monoisotopic (exact) mass is 269 g/mol. The van der Waals surface area contributed by atoms with E-state index in [9.17, 15) is 18.0 Å². The number of alkyl halides is 3. The highest BCUT2D eigenvalue weighted by molar-refractivity contribution is 5.97. The molecule has 7 heteroatoms. The van der Waals surface area contributed by atoms with Crippen LogP contribution in [-0.4, -0.2) is 33.9 Å². The Balaban J connectivity index is 1.98. The van der Waals surface area contributed by atoms with Crippen molar-refractivity contribution >= 4 is 16.9 Å². The van der Waals surface area contributed by atoms with Crippen LogP contribution in [0.4, 0.5) is 13.2 Å². The predicted octanol–water partition coefficient (Wildman–Crippen LogP) is 2.43.